The highest BCUT2D eigenvalue weighted by atomic mass is 14.8. The maximum Gasteiger partial charge on any atom is 0.189 e. The molecular weight excluding hydrogens is 562 g/mol. The van der Waals surface area contributed by atoms with Crippen molar-refractivity contribution in [1.82, 2.24) is 15.0 Å². The van der Waals surface area contributed by atoms with E-state index in [1.165, 1.54) is 0 Å². The van der Waals surface area contributed by atoms with E-state index in [1.54, 1.807) is 6.07 Å². The van der Waals surface area contributed by atoms with Gasteiger partial charge < -0.3 is 0 Å². The molecule has 6 aromatic carbocycles. The zero-order valence-electron chi connectivity index (χ0n) is 24.5. The first-order valence-electron chi connectivity index (χ1n) is 14.9. The Morgan fingerprint density at radius 1 is 0.522 bits per heavy atom. The van der Waals surface area contributed by atoms with Gasteiger partial charge in [0, 0.05) is 38.4 Å². The number of nitriles is 1. The molecule has 212 valence electrons. The zero-order valence-corrected chi connectivity index (χ0v) is 24.5. The number of pyridine rings is 1. The summed E-state index contributed by atoms with van der Waals surface area (Å²) in [5.41, 5.74) is 9.97. The van der Waals surface area contributed by atoms with Crippen LogP contribution in [-0.4, -0.2) is 15.0 Å². The maximum absolute atomic E-state index is 9.90. The molecule has 0 amide bonds. The third-order valence-electron chi connectivity index (χ3n) is 8.23. The first-order valence-corrected chi connectivity index (χ1v) is 14.9. The number of nitrogens with zero attached hydrogens (tertiary/aromatic N) is 5. The van der Waals surface area contributed by atoms with Crippen LogP contribution >= 0.6 is 0 Å². The first kappa shape index (κ1) is 26.9. The van der Waals surface area contributed by atoms with E-state index in [4.69, 9.17) is 21.5 Å². The normalized spacial score (nSPS) is 11.0. The van der Waals surface area contributed by atoms with Crippen molar-refractivity contribution in [3.8, 4) is 51.0 Å². The second-order valence-electron chi connectivity index (χ2n) is 11.0. The van der Waals surface area contributed by atoms with E-state index in [2.05, 4.69) is 53.4 Å². The average Bonchev–Trinajstić information content (AvgIpc) is 3.14. The Morgan fingerprint density at radius 2 is 1.09 bits per heavy atom. The van der Waals surface area contributed by atoms with Crippen molar-refractivity contribution in [3.63, 3.8) is 0 Å². The fourth-order valence-electron chi connectivity index (χ4n) is 6.18. The molecule has 0 aliphatic rings. The summed E-state index contributed by atoms with van der Waals surface area (Å²) in [6.07, 6.45) is 0. The molecule has 2 heterocycles. The summed E-state index contributed by atoms with van der Waals surface area (Å²) in [6, 6.07) is 48.1. The smallest absolute Gasteiger partial charge is 0.189 e. The van der Waals surface area contributed by atoms with E-state index < -0.39 is 0 Å². The Balaban J connectivity index is 1.62. The summed E-state index contributed by atoms with van der Waals surface area (Å²) in [7, 11) is 0. The predicted octanol–water partition coefficient (Wildman–Crippen LogP) is 10.4. The van der Waals surface area contributed by atoms with Crippen LogP contribution in [0.2, 0.25) is 0 Å². The number of fused-ring (bicyclic) bond motifs is 5. The number of rotatable bonds is 4. The molecule has 0 bridgehead atoms. The Hall–Kier alpha value is -6.69. The molecule has 2 aromatic heterocycles. The Bertz CT molecular complexity index is 2500. The van der Waals surface area contributed by atoms with E-state index in [0.29, 0.717) is 16.8 Å². The highest BCUT2D eigenvalue weighted by molar-refractivity contribution is 6.25. The van der Waals surface area contributed by atoms with Gasteiger partial charge in [-0.15, -0.1) is 0 Å². The van der Waals surface area contributed by atoms with E-state index in [0.717, 1.165) is 72.1 Å². The molecule has 5 heteroatoms. The Kier molecular flexibility index (Phi) is 6.49. The van der Waals surface area contributed by atoms with Crippen LogP contribution in [0.1, 0.15) is 5.56 Å². The van der Waals surface area contributed by atoms with E-state index in [-0.39, 0.29) is 0 Å². The SMILES string of the molecule is [C-]#[N+]c1cc(C#N)cc(-c2cc3nc(-c4ccccc4)c(-c4ccccc4)nc3c3c2c(-c2ccccc2)nc2ccccc23)c1. The van der Waals surface area contributed by atoms with Crippen molar-refractivity contribution in [2.24, 2.45) is 0 Å². The van der Waals surface area contributed by atoms with Gasteiger partial charge in [-0.1, -0.05) is 109 Å². The second kappa shape index (κ2) is 11.1. The second-order valence-corrected chi connectivity index (χ2v) is 11.0. The maximum atomic E-state index is 9.90. The van der Waals surface area contributed by atoms with Crippen LogP contribution in [0.4, 0.5) is 5.69 Å². The third kappa shape index (κ3) is 4.52. The zero-order chi connectivity index (χ0) is 31.0. The summed E-state index contributed by atoms with van der Waals surface area (Å²) >= 11 is 0. The molecule has 0 radical (unpaired) electrons. The highest BCUT2D eigenvalue weighted by Crippen LogP contribution is 2.44. The summed E-state index contributed by atoms with van der Waals surface area (Å²) in [5.74, 6) is 0. The van der Waals surface area contributed by atoms with Gasteiger partial charge in [-0.3, -0.25) is 0 Å². The third-order valence-corrected chi connectivity index (χ3v) is 8.23. The molecule has 0 aliphatic carbocycles. The molecular formula is C41H23N5. The van der Waals surface area contributed by atoms with E-state index in [1.807, 2.05) is 91.0 Å². The molecule has 8 rings (SSSR count). The predicted molar refractivity (Wildman–Crippen MR) is 185 cm³/mol. The first-order chi connectivity index (χ1) is 22.7. The Morgan fingerprint density at radius 3 is 1.72 bits per heavy atom. The Labute approximate surface area is 265 Å². The highest BCUT2D eigenvalue weighted by Gasteiger charge is 2.22. The quantitative estimate of drug-likeness (QED) is 0.152. The number of hydrogen-bond donors (Lipinski definition) is 0. The van der Waals surface area contributed by atoms with Gasteiger partial charge in [0.1, 0.15) is 0 Å². The minimum absolute atomic E-state index is 0.396. The summed E-state index contributed by atoms with van der Waals surface area (Å²) < 4.78 is 0. The minimum atomic E-state index is 0.396. The fourth-order valence-corrected chi connectivity index (χ4v) is 6.18. The summed E-state index contributed by atoms with van der Waals surface area (Å²) in [4.78, 5) is 19.7. The van der Waals surface area contributed by atoms with Gasteiger partial charge in [0.15, 0.2) is 5.69 Å². The van der Waals surface area contributed by atoms with Crippen molar-refractivity contribution in [2.75, 3.05) is 0 Å². The molecule has 0 atom stereocenters. The van der Waals surface area contributed by atoms with Crippen LogP contribution in [0.25, 0.3) is 82.5 Å². The molecule has 0 unspecified atom stereocenters. The molecule has 0 spiro atoms. The van der Waals surface area contributed by atoms with Crippen molar-refractivity contribution < 1.29 is 0 Å². The van der Waals surface area contributed by atoms with Crippen molar-refractivity contribution >= 4 is 38.4 Å². The molecule has 5 nitrogen and oxygen atoms in total. The lowest BCUT2D eigenvalue weighted by Crippen LogP contribution is -1.99. The van der Waals surface area contributed by atoms with Gasteiger partial charge in [0.25, 0.3) is 0 Å². The lowest BCUT2D eigenvalue weighted by atomic mass is 9.90. The van der Waals surface area contributed by atoms with Gasteiger partial charge in [0.2, 0.25) is 0 Å². The molecule has 0 aliphatic heterocycles. The molecule has 8 aromatic rings. The molecule has 0 N–H and O–H groups in total. The monoisotopic (exact) mass is 585 g/mol. The average molecular weight is 586 g/mol. The molecule has 0 saturated carbocycles. The van der Waals surface area contributed by atoms with E-state index in [9.17, 15) is 5.26 Å². The van der Waals surface area contributed by atoms with Crippen LogP contribution in [0.5, 0.6) is 0 Å². The molecule has 0 saturated heterocycles. The molecule has 46 heavy (non-hydrogen) atoms. The van der Waals surface area contributed by atoms with Gasteiger partial charge in [-0.05, 0) is 41.5 Å². The minimum Gasteiger partial charge on any atom is -0.247 e. The topological polar surface area (TPSA) is 66.8 Å². The van der Waals surface area contributed by atoms with Crippen molar-refractivity contribution in [3.05, 3.63) is 157 Å². The number of para-hydroxylation sites is 1. The standard InChI is InChI=1S/C41H23N5/c1-43-31-22-26(25-42)21-30(23-31)33-24-35-41(46-40(29-17-9-4-10-18-29)39(45-35)28-15-7-3-8-16-28)36-32-19-11-12-20-34(32)44-38(37(33)36)27-13-5-2-6-14-27/h2-24H. The van der Waals surface area contributed by atoms with Gasteiger partial charge >= 0.3 is 0 Å². The van der Waals surface area contributed by atoms with Gasteiger partial charge in [-0.2, -0.15) is 5.26 Å². The van der Waals surface area contributed by atoms with E-state index >= 15 is 0 Å². The number of aromatic nitrogens is 3. The molecule has 0 fully saturated rings. The summed E-state index contributed by atoms with van der Waals surface area (Å²) in [6.45, 7) is 7.76. The van der Waals surface area contributed by atoms with Gasteiger partial charge in [-0.25, -0.2) is 19.8 Å². The van der Waals surface area contributed by atoms with Crippen LogP contribution in [0.15, 0.2) is 140 Å². The van der Waals surface area contributed by atoms with Crippen LogP contribution in [0, 0.1) is 17.9 Å². The lowest BCUT2D eigenvalue weighted by Gasteiger charge is -2.18. The fraction of sp³-hybridized carbons (Fsp3) is 0. The largest absolute Gasteiger partial charge is 0.247 e. The number of hydrogen-bond acceptors (Lipinski definition) is 4. The van der Waals surface area contributed by atoms with Crippen molar-refractivity contribution in [2.45, 2.75) is 0 Å². The van der Waals surface area contributed by atoms with Crippen LogP contribution in [0.3, 0.4) is 0 Å². The van der Waals surface area contributed by atoms with Crippen LogP contribution < -0.4 is 0 Å². The lowest BCUT2D eigenvalue weighted by molar-refractivity contribution is 1.30. The van der Waals surface area contributed by atoms with Gasteiger partial charge in [0.05, 0.1) is 46.3 Å². The summed E-state index contributed by atoms with van der Waals surface area (Å²) in [5, 5.41) is 12.7. The van der Waals surface area contributed by atoms with Crippen LogP contribution in [-0.2, 0) is 0 Å². The van der Waals surface area contributed by atoms with Crippen molar-refractivity contribution in [1.29, 1.82) is 5.26 Å². The number of benzene rings is 6.